The van der Waals surface area contributed by atoms with Crippen LogP contribution < -0.4 is 10.1 Å². The number of hydrogen-bond acceptors (Lipinski definition) is 3. The second kappa shape index (κ2) is 7.13. The highest BCUT2D eigenvalue weighted by Crippen LogP contribution is 2.34. The van der Waals surface area contributed by atoms with E-state index < -0.39 is 0 Å². The van der Waals surface area contributed by atoms with E-state index in [1.54, 1.807) is 7.11 Å². The summed E-state index contributed by atoms with van der Waals surface area (Å²) in [7, 11) is 1.72. The summed E-state index contributed by atoms with van der Waals surface area (Å²) in [4.78, 5) is 0. The average Bonchev–Trinajstić information content (AvgIpc) is 2.82. The molecule has 0 radical (unpaired) electrons. The van der Waals surface area contributed by atoms with E-state index in [0.29, 0.717) is 5.92 Å². The lowest BCUT2D eigenvalue weighted by Gasteiger charge is -2.15. The van der Waals surface area contributed by atoms with Crippen molar-refractivity contribution in [2.75, 3.05) is 33.4 Å². The van der Waals surface area contributed by atoms with Gasteiger partial charge in [0.1, 0.15) is 5.75 Å². The fourth-order valence-electron chi connectivity index (χ4n) is 2.47. The number of methoxy groups -OCH3 is 1. The zero-order chi connectivity index (χ0) is 13.7. The topological polar surface area (TPSA) is 30.5 Å². The van der Waals surface area contributed by atoms with E-state index in [9.17, 15) is 0 Å². The van der Waals surface area contributed by atoms with Gasteiger partial charge in [-0.05, 0) is 42.1 Å². The maximum atomic E-state index is 6.17. The molecular weight excluding hydrogens is 262 g/mol. The molecule has 106 valence electrons. The first-order valence-corrected chi connectivity index (χ1v) is 7.22. The van der Waals surface area contributed by atoms with Crippen molar-refractivity contribution in [3.63, 3.8) is 0 Å². The molecule has 1 aliphatic rings. The molecule has 0 aromatic heterocycles. The molecule has 1 N–H and O–H groups in total. The zero-order valence-electron chi connectivity index (χ0n) is 11.7. The van der Waals surface area contributed by atoms with Gasteiger partial charge < -0.3 is 14.8 Å². The highest BCUT2D eigenvalue weighted by molar-refractivity contribution is 6.30. The number of ether oxygens (including phenoxy) is 2. The van der Waals surface area contributed by atoms with E-state index in [2.05, 4.69) is 12.2 Å². The van der Waals surface area contributed by atoms with Gasteiger partial charge in [0.25, 0.3) is 0 Å². The molecule has 0 bridgehead atoms. The van der Waals surface area contributed by atoms with E-state index in [0.717, 1.165) is 49.9 Å². The van der Waals surface area contributed by atoms with Crippen LogP contribution in [0.5, 0.6) is 5.75 Å². The van der Waals surface area contributed by atoms with Gasteiger partial charge in [0.2, 0.25) is 0 Å². The lowest BCUT2D eigenvalue weighted by Crippen LogP contribution is -2.25. The summed E-state index contributed by atoms with van der Waals surface area (Å²) in [6.45, 7) is 5.64. The number of benzene rings is 1. The monoisotopic (exact) mass is 283 g/mol. The van der Waals surface area contributed by atoms with Gasteiger partial charge in [0.05, 0.1) is 13.2 Å². The summed E-state index contributed by atoms with van der Waals surface area (Å²) in [5.74, 6) is 1.61. The molecule has 1 aromatic carbocycles. The van der Waals surface area contributed by atoms with E-state index >= 15 is 0 Å². The molecule has 0 saturated heterocycles. The molecule has 1 aromatic rings. The van der Waals surface area contributed by atoms with Crippen molar-refractivity contribution in [2.24, 2.45) is 5.92 Å². The molecule has 1 heterocycles. The molecule has 0 spiro atoms. The first-order chi connectivity index (χ1) is 9.20. The summed E-state index contributed by atoms with van der Waals surface area (Å²) in [6, 6.07) is 4.06. The lowest BCUT2D eigenvalue weighted by atomic mass is 9.98. The molecule has 19 heavy (non-hydrogen) atoms. The minimum Gasteiger partial charge on any atom is -0.493 e. The molecular formula is C15H22ClNO2. The summed E-state index contributed by atoms with van der Waals surface area (Å²) >= 11 is 6.17. The Balaban J connectivity index is 1.92. The summed E-state index contributed by atoms with van der Waals surface area (Å²) < 4.78 is 10.7. The largest absolute Gasteiger partial charge is 0.493 e. The van der Waals surface area contributed by atoms with Gasteiger partial charge in [0.15, 0.2) is 0 Å². The quantitative estimate of drug-likeness (QED) is 0.781. The molecule has 2 rings (SSSR count). The van der Waals surface area contributed by atoms with Gasteiger partial charge in [-0.25, -0.2) is 0 Å². The maximum Gasteiger partial charge on any atom is 0.125 e. The van der Waals surface area contributed by atoms with E-state index in [1.807, 2.05) is 12.1 Å². The number of nitrogens with one attached hydrogen (secondary N) is 1. The fraction of sp³-hybridized carbons (Fsp3) is 0.600. The van der Waals surface area contributed by atoms with E-state index in [-0.39, 0.29) is 0 Å². The van der Waals surface area contributed by atoms with Crippen LogP contribution >= 0.6 is 11.6 Å². The van der Waals surface area contributed by atoms with Gasteiger partial charge in [-0.2, -0.15) is 0 Å². The first-order valence-electron chi connectivity index (χ1n) is 6.84. The molecule has 4 heteroatoms. The van der Waals surface area contributed by atoms with E-state index in [1.165, 1.54) is 11.1 Å². The van der Waals surface area contributed by atoms with Crippen LogP contribution in [0.3, 0.4) is 0 Å². The third kappa shape index (κ3) is 4.10. The second-order valence-corrected chi connectivity index (χ2v) is 5.59. The van der Waals surface area contributed by atoms with Crippen molar-refractivity contribution in [3.8, 4) is 5.75 Å². The van der Waals surface area contributed by atoms with Crippen molar-refractivity contribution in [3.05, 3.63) is 28.3 Å². The normalized spacial score (nSPS) is 15.1. The SMILES string of the molecule is COCCNCC(C)Cc1cc(Cl)cc2c1OCC2. The number of hydrogen-bond donors (Lipinski definition) is 1. The van der Waals surface area contributed by atoms with Crippen LogP contribution in [0, 0.1) is 5.92 Å². The molecule has 0 saturated carbocycles. The Hall–Kier alpha value is -0.770. The highest BCUT2D eigenvalue weighted by Gasteiger charge is 2.18. The van der Waals surface area contributed by atoms with Crippen LogP contribution in [0.25, 0.3) is 0 Å². The van der Waals surface area contributed by atoms with Crippen molar-refractivity contribution in [2.45, 2.75) is 19.8 Å². The van der Waals surface area contributed by atoms with Crippen molar-refractivity contribution >= 4 is 11.6 Å². The Morgan fingerprint density at radius 3 is 3.11 bits per heavy atom. The van der Waals surface area contributed by atoms with Crippen LogP contribution in [0.2, 0.25) is 5.02 Å². The Labute approximate surface area is 120 Å². The van der Waals surface area contributed by atoms with Crippen molar-refractivity contribution in [1.82, 2.24) is 5.32 Å². The summed E-state index contributed by atoms with van der Waals surface area (Å²) in [6.07, 6.45) is 1.96. The Bertz CT molecular complexity index is 423. The average molecular weight is 284 g/mol. The highest BCUT2D eigenvalue weighted by atomic mass is 35.5. The Morgan fingerprint density at radius 2 is 2.32 bits per heavy atom. The third-order valence-corrected chi connectivity index (χ3v) is 3.59. The summed E-state index contributed by atoms with van der Waals surface area (Å²) in [5, 5.41) is 4.21. The smallest absolute Gasteiger partial charge is 0.125 e. The molecule has 1 atom stereocenters. The molecule has 3 nitrogen and oxygen atoms in total. The Morgan fingerprint density at radius 1 is 1.47 bits per heavy atom. The fourth-order valence-corrected chi connectivity index (χ4v) is 2.73. The van der Waals surface area contributed by atoms with Gasteiger partial charge in [-0.3, -0.25) is 0 Å². The van der Waals surface area contributed by atoms with E-state index in [4.69, 9.17) is 21.1 Å². The standard InChI is InChI=1S/C15H22ClNO2/c1-11(10-17-4-6-18-2)7-13-9-14(16)8-12-3-5-19-15(12)13/h8-9,11,17H,3-7,10H2,1-2H3. The van der Waals surface area contributed by atoms with Gasteiger partial charge in [-0.1, -0.05) is 18.5 Å². The number of rotatable bonds is 7. The molecule has 1 aliphatic heterocycles. The lowest BCUT2D eigenvalue weighted by molar-refractivity contribution is 0.198. The third-order valence-electron chi connectivity index (χ3n) is 3.37. The maximum absolute atomic E-state index is 6.17. The molecule has 0 fully saturated rings. The predicted molar refractivity (Wildman–Crippen MR) is 78.3 cm³/mol. The first kappa shape index (κ1) is 14.6. The molecule has 1 unspecified atom stereocenters. The van der Waals surface area contributed by atoms with Gasteiger partial charge >= 0.3 is 0 Å². The van der Waals surface area contributed by atoms with Crippen LogP contribution in [-0.4, -0.2) is 33.4 Å². The predicted octanol–water partition coefficient (Wildman–Crippen LogP) is 2.69. The van der Waals surface area contributed by atoms with Crippen LogP contribution in [0.4, 0.5) is 0 Å². The minimum absolute atomic E-state index is 0.545. The van der Waals surface area contributed by atoms with Crippen LogP contribution in [-0.2, 0) is 17.6 Å². The summed E-state index contributed by atoms with van der Waals surface area (Å²) in [5.41, 5.74) is 2.49. The molecule has 0 aliphatic carbocycles. The van der Waals surface area contributed by atoms with Crippen molar-refractivity contribution < 1.29 is 9.47 Å². The van der Waals surface area contributed by atoms with Gasteiger partial charge in [0, 0.05) is 25.1 Å². The second-order valence-electron chi connectivity index (χ2n) is 5.16. The number of halogens is 1. The van der Waals surface area contributed by atoms with Crippen LogP contribution in [0.1, 0.15) is 18.1 Å². The molecule has 0 amide bonds. The Kier molecular flexibility index (Phi) is 5.49. The minimum atomic E-state index is 0.545. The zero-order valence-corrected chi connectivity index (χ0v) is 12.4. The number of fused-ring (bicyclic) bond motifs is 1. The van der Waals surface area contributed by atoms with Crippen molar-refractivity contribution in [1.29, 1.82) is 0 Å². The van der Waals surface area contributed by atoms with Gasteiger partial charge in [-0.15, -0.1) is 0 Å². The van der Waals surface area contributed by atoms with Crippen LogP contribution in [0.15, 0.2) is 12.1 Å².